The number of likely N-dealkylation sites (tertiary alicyclic amines) is 1. The van der Waals surface area contributed by atoms with Gasteiger partial charge in [-0.3, -0.25) is 9.69 Å². The van der Waals surface area contributed by atoms with E-state index in [2.05, 4.69) is 29.2 Å². The lowest BCUT2D eigenvalue weighted by atomic mass is 10.0. The van der Waals surface area contributed by atoms with Gasteiger partial charge < -0.3 is 19.1 Å². The van der Waals surface area contributed by atoms with Crippen LogP contribution in [0.2, 0.25) is 0 Å². The zero-order valence-corrected chi connectivity index (χ0v) is 19.8. The van der Waals surface area contributed by atoms with Crippen molar-refractivity contribution in [2.75, 3.05) is 47.1 Å². The molecule has 1 amide bonds. The highest BCUT2D eigenvalue weighted by molar-refractivity contribution is 5.77. The second-order valence-electron chi connectivity index (χ2n) is 9.75. The van der Waals surface area contributed by atoms with Gasteiger partial charge in [0.1, 0.15) is 0 Å². The summed E-state index contributed by atoms with van der Waals surface area (Å²) in [5, 5.41) is 0. The van der Waals surface area contributed by atoms with Gasteiger partial charge in [0.2, 0.25) is 5.91 Å². The van der Waals surface area contributed by atoms with Crippen LogP contribution in [0.25, 0.3) is 0 Å². The van der Waals surface area contributed by atoms with Crippen LogP contribution in [0, 0.1) is 11.8 Å². The zero-order valence-electron chi connectivity index (χ0n) is 19.8. The normalized spacial score (nSPS) is 23.1. The predicted molar refractivity (Wildman–Crippen MR) is 124 cm³/mol. The molecule has 0 bridgehead atoms. The first-order valence-electron chi connectivity index (χ1n) is 12.4. The lowest BCUT2D eigenvalue weighted by molar-refractivity contribution is -0.147. The minimum atomic E-state index is -0.367. The standard InChI is InChI=1S/C26H40N2O4/c1-30-26(31-2)19-28(24-10-11-24)25(29)13-15-32-14-12-20-6-8-21(9-7-20)16-27-17-22-4-3-5-23(22)18-27/h6-9,22-24,26H,3-5,10-19H2,1-2H3/t22-,23?/m0/s1. The largest absolute Gasteiger partial charge is 0.381 e. The molecule has 1 unspecified atom stereocenters. The predicted octanol–water partition coefficient (Wildman–Crippen LogP) is 3.48. The smallest absolute Gasteiger partial charge is 0.225 e. The fourth-order valence-corrected chi connectivity index (χ4v) is 5.37. The van der Waals surface area contributed by atoms with Crippen LogP contribution in [-0.4, -0.2) is 75.1 Å². The Kier molecular flexibility index (Phi) is 8.58. The van der Waals surface area contributed by atoms with Crippen LogP contribution in [0.5, 0.6) is 0 Å². The summed E-state index contributed by atoms with van der Waals surface area (Å²) in [4.78, 5) is 17.1. The fourth-order valence-electron chi connectivity index (χ4n) is 5.37. The van der Waals surface area contributed by atoms with E-state index in [-0.39, 0.29) is 12.2 Å². The van der Waals surface area contributed by atoms with Crippen molar-refractivity contribution in [3.8, 4) is 0 Å². The van der Waals surface area contributed by atoms with Crippen molar-refractivity contribution in [3.63, 3.8) is 0 Å². The quantitative estimate of drug-likeness (QED) is 0.344. The Morgan fingerprint density at radius 3 is 2.28 bits per heavy atom. The number of ether oxygens (including phenoxy) is 3. The van der Waals surface area contributed by atoms with E-state index in [0.29, 0.717) is 32.2 Å². The van der Waals surface area contributed by atoms with E-state index in [1.54, 1.807) is 14.2 Å². The number of amides is 1. The van der Waals surface area contributed by atoms with E-state index < -0.39 is 0 Å². The van der Waals surface area contributed by atoms with Gasteiger partial charge >= 0.3 is 0 Å². The summed E-state index contributed by atoms with van der Waals surface area (Å²) in [7, 11) is 3.22. The Balaban J connectivity index is 1.12. The molecule has 3 aliphatic rings. The molecule has 6 nitrogen and oxygen atoms in total. The van der Waals surface area contributed by atoms with Crippen LogP contribution in [0.3, 0.4) is 0 Å². The van der Waals surface area contributed by atoms with Crippen molar-refractivity contribution in [3.05, 3.63) is 35.4 Å². The number of fused-ring (bicyclic) bond motifs is 1. The Hall–Kier alpha value is -1.47. The molecule has 32 heavy (non-hydrogen) atoms. The molecule has 2 saturated carbocycles. The molecule has 0 radical (unpaired) electrons. The number of carbonyl (C=O) groups is 1. The number of methoxy groups -OCH3 is 2. The molecule has 1 heterocycles. The lowest BCUT2D eigenvalue weighted by Crippen LogP contribution is -2.40. The minimum Gasteiger partial charge on any atom is -0.381 e. The second kappa shape index (κ2) is 11.6. The zero-order chi connectivity index (χ0) is 22.3. The van der Waals surface area contributed by atoms with E-state index in [9.17, 15) is 4.79 Å². The van der Waals surface area contributed by atoms with Crippen LogP contribution in [0.15, 0.2) is 24.3 Å². The molecular formula is C26H40N2O4. The Morgan fingerprint density at radius 1 is 1.00 bits per heavy atom. The molecule has 178 valence electrons. The average Bonchev–Trinajstić information content (AvgIpc) is 3.43. The maximum absolute atomic E-state index is 12.6. The first kappa shape index (κ1) is 23.7. The number of hydrogen-bond acceptors (Lipinski definition) is 5. The number of rotatable bonds is 13. The number of hydrogen-bond donors (Lipinski definition) is 0. The highest BCUT2D eigenvalue weighted by Gasteiger charge is 2.36. The van der Waals surface area contributed by atoms with Gasteiger partial charge in [-0.05, 0) is 55.1 Å². The molecule has 2 atom stereocenters. The number of carbonyl (C=O) groups excluding carboxylic acids is 1. The van der Waals surface area contributed by atoms with Crippen molar-refractivity contribution >= 4 is 5.91 Å². The first-order chi connectivity index (χ1) is 15.7. The van der Waals surface area contributed by atoms with Gasteiger partial charge in [-0.25, -0.2) is 0 Å². The van der Waals surface area contributed by atoms with E-state index in [1.165, 1.54) is 43.5 Å². The molecule has 1 aliphatic heterocycles. The molecule has 1 aromatic carbocycles. The molecule has 1 aromatic rings. The van der Waals surface area contributed by atoms with Gasteiger partial charge in [0.25, 0.3) is 0 Å². The summed E-state index contributed by atoms with van der Waals surface area (Å²) in [6.07, 6.45) is 7.38. The maximum atomic E-state index is 12.6. The molecule has 1 saturated heterocycles. The van der Waals surface area contributed by atoms with Gasteiger partial charge in [0, 0.05) is 39.9 Å². The fraction of sp³-hybridized carbons (Fsp3) is 0.731. The van der Waals surface area contributed by atoms with Crippen LogP contribution in [-0.2, 0) is 32.0 Å². The third-order valence-electron chi connectivity index (χ3n) is 7.41. The highest BCUT2D eigenvalue weighted by Crippen LogP contribution is 2.38. The summed E-state index contributed by atoms with van der Waals surface area (Å²) in [5.74, 6) is 2.04. The third-order valence-corrected chi connectivity index (χ3v) is 7.41. The summed E-state index contributed by atoms with van der Waals surface area (Å²) in [6.45, 7) is 5.24. The molecule has 0 spiro atoms. The van der Waals surface area contributed by atoms with Crippen LogP contribution in [0.4, 0.5) is 0 Å². The molecule has 0 aromatic heterocycles. The minimum absolute atomic E-state index is 0.127. The Labute approximate surface area is 193 Å². The number of benzene rings is 1. The molecule has 6 heteroatoms. The maximum Gasteiger partial charge on any atom is 0.225 e. The van der Waals surface area contributed by atoms with Crippen molar-refractivity contribution in [2.24, 2.45) is 11.8 Å². The summed E-state index contributed by atoms with van der Waals surface area (Å²) >= 11 is 0. The Morgan fingerprint density at radius 2 is 1.66 bits per heavy atom. The monoisotopic (exact) mass is 444 g/mol. The van der Waals surface area contributed by atoms with Gasteiger partial charge in [0.15, 0.2) is 6.29 Å². The van der Waals surface area contributed by atoms with Crippen LogP contribution in [0.1, 0.15) is 49.7 Å². The van der Waals surface area contributed by atoms with Crippen molar-refractivity contribution in [1.82, 2.24) is 9.80 Å². The van der Waals surface area contributed by atoms with E-state index >= 15 is 0 Å². The molecule has 0 N–H and O–H groups in total. The van der Waals surface area contributed by atoms with E-state index in [4.69, 9.17) is 14.2 Å². The van der Waals surface area contributed by atoms with Gasteiger partial charge in [-0.15, -0.1) is 0 Å². The SMILES string of the molecule is COC(CN(C(=O)CCOCCc1ccc(CN2CC3CCC[C@H]3C2)cc1)C1CC1)OC. The lowest BCUT2D eigenvalue weighted by Gasteiger charge is -2.26. The number of nitrogens with zero attached hydrogens (tertiary/aromatic N) is 2. The molecule has 3 fully saturated rings. The van der Waals surface area contributed by atoms with Crippen molar-refractivity contribution in [1.29, 1.82) is 0 Å². The topological polar surface area (TPSA) is 51.2 Å². The Bertz CT molecular complexity index is 705. The van der Waals surface area contributed by atoms with Gasteiger partial charge in [-0.1, -0.05) is 30.7 Å². The summed E-state index contributed by atoms with van der Waals surface area (Å²) in [6, 6.07) is 9.33. The van der Waals surface area contributed by atoms with Gasteiger partial charge in [-0.2, -0.15) is 0 Å². The van der Waals surface area contributed by atoms with Crippen LogP contribution >= 0.6 is 0 Å². The molecule has 4 rings (SSSR count). The average molecular weight is 445 g/mol. The van der Waals surface area contributed by atoms with Gasteiger partial charge in [0.05, 0.1) is 26.2 Å². The van der Waals surface area contributed by atoms with Crippen molar-refractivity contribution in [2.45, 2.75) is 63.8 Å². The third kappa shape index (κ3) is 6.53. The summed E-state index contributed by atoms with van der Waals surface area (Å²) in [5.41, 5.74) is 2.70. The van der Waals surface area contributed by atoms with E-state index in [1.807, 2.05) is 4.90 Å². The first-order valence-corrected chi connectivity index (χ1v) is 12.4. The molecule has 2 aliphatic carbocycles. The highest BCUT2D eigenvalue weighted by atomic mass is 16.7. The van der Waals surface area contributed by atoms with Crippen molar-refractivity contribution < 1.29 is 19.0 Å². The molecular weight excluding hydrogens is 404 g/mol. The van der Waals surface area contributed by atoms with E-state index in [0.717, 1.165) is 37.6 Å². The second-order valence-corrected chi connectivity index (χ2v) is 9.75. The summed E-state index contributed by atoms with van der Waals surface area (Å²) < 4.78 is 16.3. The van der Waals surface area contributed by atoms with Crippen LogP contribution < -0.4 is 0 Å².